The number of benzene rings is 2. The summed E-state index contributed by atoms with van der Waals surface area (Å²) in [5.74, 6) is 0.878. The molecule has 4 rings (SSSR count). The van der Waals surface area contributed by atoms with Crippen molar-refractivity contribution in [2.75, 3.05) is 18.5 Å². The summed E-state index contributed by atoms with van der Waals surface area (Å²) in [7, 11) is 0. The number of carbonyl (C=O) groups excluding carboxylic acids is 1. The minimum Gasteiger partial charge on any atom is -0.486 e. The standard InChI is InChI=1S/C17H14FNO3/c18-11-3-1-10(2-4-11)12-8-17(20)19-14-9-16-15(7-13(12)14)21-5-6-22-16/h1-4,7,9,12H,5-6,8H2,(H,19,20)/t12-/m1/s1. The molecule has 0 bridgehead atoms. The Kier molecular flexibility index (Phi) is 2.99. The van der Waals surface area contributed by atoms with Crippen molar-refractivity contribution < 1.29 is 18.7 Å². The first-order chi connectivity index (χ1) is 10.7. The van der Waals surface area contributed by atoms with Gasteiger partial charge in [-0.25, -0.2) is 4.39 Å². The zero-order chi connectivity index (χ0) is 15.1. The van der Waals surface area contributed by atoms with Crippen LogP contribution in [0.15, 0.2) is 36.4 Å². The van der Waals surface area contributed by atoms with Gasteiger partial charge in [-0.3, -0.25) is 4.79 Å². The van der Waals surface area contributed by atoms with Gasteiger partial charge in [-0.15, -0.1) is 0 Å². The van der Waals surface area contributed by atoms with Gasteiger partial charge in [0.2, 0.25) is 5.91 Å². The quantitative estimate of drug-likeness (QED) is 0.880. The van der Waals surface area contributed by atoms with Gasteiger partial charge in [-0.2, -0.15) is 0 Å². The van der Waals surface area contributed by atoms with Crippen molar-refractivity contribution in [3.05, 3.63) is 53.3 Å². The van der Waals surface area contributed by atoms with E-state index in [2.05, 4.69) is 5.32 Å². The molecule has 0 unspecified atom stereocenters. The van der Waals surface area contributed by atoms with Gasteiger partial charge < -0.3 is 14.8 Å². The van der Waals surface area contributed by atoms with Crippen LogP contribution in [0.3, 0.4) is 0 Å². The molecule has 1 N–H and O–H groups in total. The molecule has 0 spiro atoms. The second-order valence-corrected chi connectivity index (χ2v) is 5.44. The largest absolute Gasteiger partial charge is 0.486 e. The Morgan fingerprint density at radius 1 is 1.05 bits per heavy atom. The zero-order valence-electron chi connectivity index (χ0n) is 11.8. The predicted octanol–water partition coefficient (Wildman–Crippen LogP) is 3.07. The van der Waals surface area contributed by atoms with Gasteiger partial charge in [0.15, 0.2) is 11.5 Å². The highest BCUT2D eigenvalue weighted by molar-refractivity contribution is 5.96. The first-order valence-electron chi connectivity index (χ1n) is 7.19. The normalized spacial score (nSPS) is 19.3. The molecule has 2 aliphatic rings. The Morgan fingerprint density at radius 3 is 2.45 bits per heavy atom. The monoisotopic (exact) mass is 299 g/mol. The van der Waals surface area contributed by atoms with E-state index in [-0.39, 0.29) is 17.6 Å². The fourth-order valence-corrected chi connectivity index (χ4v) is 2.99. The van der Waals surface area contributed by atoms with Crippen molar-refractivity contribution in [1.82, 2.24) is 0 Å². The molecule has 0 radical (unpaired) electrons. The Hall–Kier alpha value is -2.56. The van der Waals surface area contributed by atoms with E-state index in [4.69, 9.17) is 9.47 Å². The lowest BCUT2D eigenvalue weighted by molar-refractivity contribution is -0.116. The average Bonchev–Trinajstić information content (AvgIpc) is 2.53. The summed E-state index contributed by atoms with van der Waals surface area (Å²) in [5.41, 5.74) is 2.61. The van der Waals surface area contributed by atoms with Crippen molar-refractivity contribution in [3.63, 3.8) is 0 Å². The molecule has 2 heterocycles. The fraction of sp³-hybridized carbons (Fsp3) is 0.235. The topological polar surface area (TPSA) is 47.6 Å². The summed E-state index contributed by atoms with van der Waals surface area (Å²) in [6.45, 7) is 1.01. The van der Waals surface area contributed by atoms with E-state index in [1.807, 2.05) is 6.07 Å². The SMILES string of the molecule is O=C1C[C@H](c2ccc(F)cc2)c2cc3c(cc2N1)OCCO3. The van der Waals surface area contributed by atoms with E-state index in [1.54, 1.807) is 18.2 Å². The summed E-state index contributed by atoms with van der Waals surface area (Å²) in [5, 5.41) is 2.87. The molecule has 2 aromatic rings. The maximum absolute atomic E-state index is 13.1. The van der Waals surface area contributed by atoms with Crippen LogP contribution >= 0.6 is 0 Å². The van der Waals surface area contributed by atoms with Crippen LogP contribution in [0.5, 0.6) is 11.5 Å². The van der Waals surface area contributed by atoms with Crippen molar-refractivity contribution >= 4 is 11.6 Å². The molecule has 22 heavy (non-hydrogen) atoms. The molecule has 1 atom stereocenters. The van der Waals surface area contributed by atoms with Crippen LogP contribution in [-0.4, -0.2) is 19.1 Å². The third-order valence-electron chi connectivity index (χ3n) is 4.03. The first kappa shape index (κ1) is 13.1. The number of hydrogen-bond donors (Lipinski definition) is 1. The van der Waals surface area contributed by atoms with Crippen LogP contribution in [0.2, 0.25) is 0 Å². The number of anilines is 1. The Labute approximate surface area is 126 Å². The molecule has 4 nitrogen and oxygen atoms in total. The van der Waals surface area contributed by atoms with Crippen LogP contribution < -0.4 is 14.8 Å². The van der Waals surface area contributed by atoms with E-state index < -0.39 is 0 Å². The molecule has 2 aromatic carbocycles. The molecule has 0 fully saturated rings. The first-order valence-corrected chi connectivity index (χ1v) is 7.19. The minimum absolute atomic E-state index is 0.0569. The molecule has 112 valence electrons. The summed E-state index contributed by atoms with van der Waals surface area (Å²) in [6.07, 6.45) is 0.332. The molecule has 0 aliphatic carbocycles. The van der Waals surface area contributed by atoms with E-state index in [1.165, 1.54) is 12.1 Å². The van der Waals surface area contributed by atoms with Gasteiger partial charge >= 0.3 is 0 Å². The van der Waals surface area contributed by atoms with Gasteiger partial charge in [0.05, 0.1) is 0 Å². The molecule has 0 saturated heterocycles. The van der Waals surface area contributed by atoms with Crippen LogP contribution in [0.1, 0.15) is 23.5 Å². The third kappa shape index (κ3) is 2.19. The Bertz CT molecular complexity index is 742. The van der Waals surface area contributed by atoms with Crippen LogP contribution in [-0.2, 0) is 4.79 Å². The minimum atomic E-state index is -0.286. The number of halogens is 1. The number of hydrogen-bond acceptors (Lipinski definition) is 3. The van der Waals surface area contributed by atoms with E-state index in [9.17, 15) is 9.18 Å². The number of fused-ring (bicyclic) bond motifs is 2. The number of rotatable bonds is 1. The summed E-state index contributed by atoms with van der Waals surface area (Å²) in [4.78, 5) is 12.0. The average molecular weight is 299 g/mol. The van der Waals surface area contributed by atoms with Gasteiger partial charge in [-0.1, -0.05) is 12.1 Å². The summed E-state index contributed by atoms with van der Waals surface area (Å²) >= 11 is 0. The number of carbonyl (C=O) groups is 1. The maximum atomic E-state index is 13.1. The molecular weight excluding hydrogens is 285 g/mol. The summed E-state index contributed by atoms with van der Waals surface area (Å²) < 4.78 is 24.3. The lowest BCUT2D eigenvalue weighted by atomic mass is 9.84. The van der Waals surface area contributed by atoms with Crippen molar-refractivity contribution in [1.29, 1.82) is 0 Å². The van der Waals surface area contributed by atoms with Crippen molar-refractivity contribution in [2.24, 2.45) is 0 Å². The van der Waals surface area contributed by atoms with E-state index in [0.717, 1.165) is 16.8 Å². The highest BCUT2D eigenvalue weighted by Gasteiger charge is 2.29. The van der Waals surface area contributed by atoms with E-state index >= 15 is 0 Å². The second-order valence-electron chi connectivity index (χ2n) is 5.44. The molecule has 5 heteroatoms. The van der Waals surface area contributed by atoms with Gasteiger partial charge in [0.1, 0.15) is 19.0 Å². The molecule has 0 saturated carbocycles. The highest BCUT2D eigenvalue weighted by Crippen LogP contribution is 2.43. The maximum Gasteiger partial charge on any atom is 0.225 e. The Balaban J connectivity index is 1.82. The predicted molar refractivity (Wildman–Crippen MR) is 78.9 cm³/mol. The lowest BCUT2D eigenvalue weighted by Crippen LogP contribution is -2.24. The third-order valence-corrected chi connectivity index (χ3v) is 4.03. The van der Waals surface area contributed by atoms with Crippen LogP contribution in [0, 0.1) is 5.82 Å². The number of nitrogens with one attached hydrogen (secondary N) is 1. The lowest BCUT2D eigenvalue weighted by Gasteiger charge is -2.28. The van der Waals surface area contributed by atoms with Crippen molar-refractivity contribution in [3.8, 4) is 11.5 Å². The fourth-order valence-electron chi connectivity index (χ4n) is 2.99. The summed E-state index contributed by atoms with van der Waals surface area (Å²) in [6, 6.07) is 9.99. The smallest absolute Gasteiger partial charge is 0.225 e. The molecular formula is C17H14FNO3. The Morgan fingerprint density at radius 2 is 1.73 bits per heavy atom. The van der Waals surface area contributed by atoms with Crippen molar-refractivity contribution in [2.45, 2.75) is 12.3 Å². The van der Waals surface area contributed by atoms with E-state index in [0.29, 0.717) is 31.1 Å². The zero-order valence-corrected chi connectivity index (χ0v) is 11.8. The second kappa shape index (κ2) is 5.02. The highest BCUT2D eigenvalue weighted by atomic mass is 19.1. The van der Waals surface area contributed by atoms with Gasteiger partial charge in [-0.05, 0) is 29.3 Å². The van der Waals surface area contributed by atoms with Crippen LogP contribution in [0.25, 0.3) is 0 Å². The number of amides is 1. The molecule has 0 aromatic heterocycles. The molecule has 1 amide bonds. The number of ether oxygens (including phenoxy) is 2. The molecule has 2 aliphatic heterocycles. The van der Waals surface area contributed by atoms with Crippen LogP contribution in [0.4, 0.5) is 10.1 Å². The van der Waals surface area contributed by atoms with Gasteiger partial charge in [0, 0.05) is 24.1 Å². The van der Waals surface area contributed by atoms with Gasteiger partial charge in [0.25, 0.3) is 0 Å².